The van der Waals surface area contributed by atoms with E-state index in [0.29, 0.717) is 9.75 Å². The number of hydrogen-bond donors (Lipinski definition) is 2. The Morgan fingerprint density at radius 2 is 2.06 bits per heavy atom. The van der Waals surface area contributed by atoms with Gasteiger partial charge in [0, 0.05) is 0 Å². The van der Waals surface area contributed by atoms with Gasteiger partial charge in [0.1, 0.15) is 4.88 Å². The van der Waals surface area contributed by atoms with Crippen LogP contribution in [0.25, 0.3) is 0 Å². The summed E-state index contributed by atoms with van der Waals surface area (Å²) in [5, 5.41) is 5.35. The fourth-order valence-corrected chi connectivity index (χ4v) is 2.34. The van der Waals surface area contributed by atoms with E-state index in [4.69, 9.17) is 0 Å². The number of nitrogens with zero attached hydrogens (tertiary/aromatic N) is 2. The lowest BCUT2D eigenvalue weighted by Crippen LogP contribution is -2.41. The van der Waals surface area contributed by atoms with Gasteiger partial charge < -0.3 is 0 Å². The maximum absolute atomic E-state index is 11.7. The normalized spacial score (nSPS) is 9.94. The first-order chi connectivity index (χ1) is 8.18. The molecule has 8 heteroatoms. The first-order valence-electron chi connectivity index (χ1n) is 4.60. The Morgan fingerprint density at radius 1 is 1.29 bits per heavy atom. The van der Waals surface area contributed by atoms with Crippen molar-refractivity contribution >= 4 is 34.7 Å². The average Bonchev–Trinajstić information content (AvgIpc) is 2.95. The van der Waals surface area contributed by atoms with Crippen molar-refractivity contribution in [2.45, 2.75) is 6.92 Å². The molecule has 0 radical (unpaired) electrons. The van der Waals surface area contributed by atoms with Crippen molar-refractivity contribution in [1.29, 1.82) is 0 Å². The summed E-state index contributed by atoms with van der Waals surface area (Å²) in [6, 6.07) is 1.84. The molecule has 6 nitrogen and oxygen atoms in total. The zero-order valence-corrected chi connectivity index (χ0v) is 10.4. The van der Waals surface area contributed by atoms with Gasteiger partial charge in [-0.3, -0.25) is 20.4 Å². The summed E-state index contributed by atoms with van der Waals surface area (Å²) < 4.78 is 3.55. The van der Waals surface area contributed by atoms with Crippen molar-refractivity contribution in [3.05, 3.63) is 33.0 Å². The largest absolute Gasteiger partial charge is 0.283 e. The fraction of sp³-hybridized carbons (Fsp3) is 0.111. The molecule has 2 aromatic heterocycles. The number of thiophene rings is 1. The van der Waals surface area contributed by atoms with E-state index in [1.165, 1.54) is 17.5 Å². The van der Waals surface area contributed by atoms with Gasteiger partial charge in [0.2, 0.25) is 0 Å². The molecule has 2 N–H and O–H groups in total. The SMILES string of the molecule is Cc1ccsc1C(=O)NNC(=O)c1cnns1. The van der Waals surface area contributed by atoms with Crippen molar-refractivity contribution in [3.63, 3.8) is 0 Å². The molecule has 2 amide bonds. The molecule has 0 aliphatic rings. The summed E-state index contributed by atoms with van der Waals surface area (Å²) in [7, 11) is 0. The van der Waals surface area contributed by atoms with E-state index in [-0.39, 0.29) is 5.91 Å². The number of hydrazine groups is 1. The first kappa shape index (κ1) is 11.7. The second kappa shape index (κ2) is 5.02. The van der Waals surface area contributed by atoms with Gasteiger partial charge in [-0.2, -0.15) is 0 Å². The molecular weight excluding hydrogens is 260 g/mol. The molecule has 2 rings (SSSR count). The van der Waals surface area contributed by atoms with Crippen LogP contribution < -0.4 is 10.9 Å². The fourth-order valence-electron chi connectivity index (χ4n) is 1.10. The van der Waals surface area contributed by atoms with Crippen LogP contribution in [-0.2, 0) is 0 Å². The Bertz CT molecular complexity index is 535. The third-order valence-corrected chi connectivity index (χ3v) is 3.62. The van der Waals surface area contributed by atoms with E-state index < -0.39 is 5.91 Å². The van der Waals surface area contributed by atoms with Crippen molar-refractivity contribution < 1.29 is 9.59 Å². The van der Waals surface area contributed by atoms with E-state index in [1.807, 2.05) is 18.4 Å². The van der Waals surface area contributed by atoms with Crippen molar-refractivity contribution in [2.75, 3.05) is 0 Å². The van der Waals surface area contributed by atoms with Gasteiger partial charge in [-0.15, -0.1) is 16.4 Å². The van der Waals surface area contributed by atoms with Crippen molar-refractivity contribution in [1.82, 2.24) is 20.4 Å². The number of aryl methyl sites for hydroxylation is 1. The highest BCUT2D eigenvalue weighted by atomic mass is 32.1. The second-order valence-corrected chi connectivity index (χ2v) is 4.82. The number of amides is 2. The summed E-state index contributed by atoms with van der Waals surface area (Å²) in [5.74, 6) is -0.758. The van der Waals surface area contributed by atoms with Gasteiger partial charge in [-0.25, -0.2) is 0 Å². The highest BCUT2D eigenvalue weighted by Crippen LogP contribution is 2.14. The topological polar surface area (TPSA) is 84.0 Å². The van der Waals surface area contributed by atoms with Gasteiger partial charge in [-0.1, -0.05) is 4.49 Å². The van der Waals surface area contributed by atoms with E-state index in [2.05, 4.69) is 20.4 Å². The predicted octanol–water partition coefficient (Wildman–Crippen LogP) is 0.983. The summed E-state index contributed by atoms with van der Waals surface area (Å²) in [6.45, 7) is 1.83. The molecule has 0 saturated carbocycles. The Labute approximate surface area is 105 Å². The lowest BCUT2D eigenvalue weighted by atomic mass is 10.3. The standard InChI is InChI=1S/C9H8N4O2S2/c1-5-2-3-16-7(5)9(15)12-11-8(14)6-4-10-13-17-6/h2-4H,1H3,(H,11,14)(H,12,15). The molecule has 0 aromatic carbocycles. The van der Waals surface area contributed by atoms with E-state index in [9.17, 15) is 9.59 Å². The summed E-state index contributed by atoms with van der Waals surface area (Å²) in [6.07, 6.45) is 1.34. The van der Waals surface area contributed by atoms with Crippen molar-refractivity contribution in [3.8, 4) is 0 Å². The molecule has 0 saturated heterocycles. The van der Waals surface area contributed by atoms with Gasteiger partial charge >= 0.3 is 0 Å². The number of rotatable bonds is 2. The molecular formula is C9H8N4O2S2. The van der Waals surface area contributed by atoms with Crippen molar-refractivity contribution in [2.24, 2.45) is 0 Å². The second-order valence-electron chi connectivity index (χ2n) is 3.12. The van der Waals surface area contributed by atoms with E-state index >= 15 is 0 Å². The number of aromatic nitrogens is 2. The van der Waals surface area contributed by atoms with Gasteiger partial charge in [0.05, 0.1) is 11.1 Å². The summed E-state index contributed by atoms with van der Waals surface area (Å²) in [5.41, 5.74) is 5.51. The van der Waals surface area contributed by atoms with Gasteiger partial charge in [-0.05, 0) is 35.5 Å². The quantitative estimate of drug-likeness (QED) is 0.795. The molecule has 0 fully saturated rings. The zero-order valence-electron chi connectivity index (χ0n) is 8.76. The van der Waals surface area contributed by atoms with Crippen LogP contribution in [0.5, 0.6) is 0 Å². The Balaban J connectivity index is 1.93. The molecule has 88 valence electrons. The number of hydrogen-bond acceptors (Lipinski definition) is 6. The van der Waals surface area contributed by atoms with Crippen LogP contribution in [0.2, 0.25) is 0 Å². The van der Waals surface area contributed by atoms with E-state index in [0.717, 1.165) is 17.1 Å². The first-order valence-corrected chi connectivity index (χ1v) is 6.26. The maximum atomic E-state index is 11.7. The third kappa shape index (κ3) is 2.66. The van der Waals surface area contributed by atoms with Crippen LogP contribution in [-0.4, -0.2) is 21.4 Å². The van der Waals surface area contributed by atoms with Crippen LogP contribution in [0.3, 0.4) is 0 Å². The third-order valence-electron chi connectivity index (χ3n) is 1.94. The van der Waals surface area contributed by atoms with Gasteiger partial charge in [0.15, 0.2) is 0 Å². The number of nitrogens with one attached hydrogen (secondary N) is 2. The molecule has 0 atom stereocenters. The molecule has 2 aromatic rings. The molecule has 0 spiro atoms. The Kier molecular flexibility index (Phi) is 3.45. The minimum Gasteiger partial charge on any atom is -0.266 e. The molecule has 17 heavy (non-hydrogen) atoms. The molecule has 0 bridgehead atoms. The van der Waals surface area contributed by atoms with E-state index in [1.54, 1.807) is 0 Å². The minimum atomic E-state index is -0.428. The highest BCUT2D eigenvalue weighted by molar-refractivity contribution is 7.12. The van der Waals surface area contributed by atoms with Crippen LogP contribution >= 0.6 is 22.9 Å². The number of carbonyl (C=O) groups excluding carboxylic acids is 2. The smallest absolute Gasteiger partial charge is 0.266 e. The molecule has 0 unspecified atom stereocenters. The van der Waals surface area contributed by atoms with Gasteiger partial charge in [0.25, 0.3) is 11.8 Å². The van der Waals surface area contributed by atoms with Crippen LogP contribution in [0, 0.1) is 6.92 Å². The molecule has 0 aliphatic carbocycles. The van der Waals surface area contributed by atoms with Crippen LogP contribution in [0.4, 0.5) is 0 Å². The minimum absolute atomic E-state index is 0.330. The summed E-state index contributed by atoms with van der Waals surface area (Å²) >= 11 is 2.28. The van der Waals surface area contributed by atoms with Crippen LogP contribution in [0.15, 0.2) is 17.6 Å². The molecule has 0 aliphatic heterocycles. The predicted molar refractivity (Wildman–Crippen MR) is 63.9 cm³/mol. The highest BCUT2D eigenvalue weighted by Gasteiger charge is 2.13. The zero-order chi connectivity index (χ0) is 12.3. The van der Waals surface area contributed by atoms with Crippen LogP contribution in [0.1, 0.15) is 24.9 Å². The monoisotopic (exact) mass is 268 g/mol. The molecule has 2 heterocycles. The lowest BCUT2D eigenvalue weighted by Gasteiger charge is -2.04. The summed E-state index contributed by atoms with van der Waals surface area (Å²) in [4.78, 5) is 24.0. The average molecular weight is 268 g/mol. The Morgan fingerprint density at radius 3 is 2.65 bits per heavy atom. The lowest BCUT2D eigenvalue weighted by molar-refractivity contribution is 0.0850. The maximum Gasteiger partial charge on any atom is 0.283 e. The number of carbonyl (C=O) groups is 2. The Hall–Kier alpha value is -1.80.